The minimum atomic E-state index is -3.86. The van der Waals surface area contributed by atoms with Crippen molar-refractivity contribution in [2.75, 3.05) is 0 Å². The van der Waals surface area contributed by atoms with Gasteiger partial charge in [0.1, 0.15) is 0 Å². The van der Waals surface area contributed by atoms with Gasteiger partial charge >= 0.3 is 0 Å². The highest BCUT2D eigenvalue weighted by Gasteiger charge is 2.15. The number of nitrogens with zero attached hydrogens (tertiary/aromatic N) is 1. The van der Waals surface area contributed by atoms with Gasteiger partial charge in [0.25, 0.3) is 9.05 Å². The van der Waals surface area contributed by atoms with E-state index in [0.717, 1.165) is 0 Å². The van der Waals surface area contributed by atoms with Crippen LogP contribution in [0.15, 0.2) is 17.0 Å². The molecule has 0 aromatic heterocycles. The summed E-state index contributed by atoms with van der Waals surface area (Å²) in [4.78, 5) is -0.171. The van der Waals surface area contributed by atoms with E-state index in [0.29, 0.717) is 10.9 Å². The molecule has 0 N–H and O–H groups in total. The highest BCUT2D eigenvalue weighted by molar-refractivity contribution is 9.08. The Morgan fingerprint density at radius 2 is 2.07 bits per heavy atom. The summed E-state index contributed by atoms with van der Waals surface area (Å²) in [5.74, 6) is 0. The van der Waals surface area contributed by atoms with Crippen LogP contribution in [-0.4, -0.2) is 8.42 Å². The maximum atomic E-state index is 11.0. The molecule has 3 nitrogen and oxygen atoms in total. The first-order valence-corrected chi connectivity index (χ1v) is 7.44. The molecule has 0 atom stereocenters. The van der Waals surface area contributed by atoms with Gasteiger partial charge in [0, 0.05) is 21.0 Å². The van der Waals surface area contributed by atoms with Crippen molar-refractivity contribution >= 4 is 47.3 Å². The van der Waals surface area contributed by atoms with Crippen molar-refractivity contribution in [2.45, 2.75) is 10.2 Å². The molecule has 0 radical (unpaired) electrons. The molecule has 0 spiro atoms. The summed E-state index contributed by atoms with van der Waals surface area (Å²) >= 11 is 8.97. The number of hydrogen-bond acceptors (Lipinski definition) is 3. The number of hydrogen-bond donors (Lipinski definition) is 0. The fourth-order valence-electron chi connectivity index (χ4n) is 0.988. The maximum Gasteiger partial charge on any atom is 0.261 e. The molecule has 0 bridgehead atoms. The van der Waals surface area contributed by atoms with Crippen LogP contribution in [0.25, 0.3) is 0 Å². The van der Waals surface area contributed by atoms with Crippen LogP contribution >= 0.6 is 38.2 Å². The molecule has 15 heavy (non-hydrogen) atoms. The Morgan fingerprint density at radius 3 is 2.47 bits per heavy atom. The Bertz CT molecular complexity index is 536. The molecule has 0 saturated carbocycles. The molecule has 0 saturated heterocycles. The lowest BCUT2D eigenvalue weighted by Gasteiger charge is -2.05. The number of halogens is 3. The predicted octanol–water partition coefficient (Wildman–Crippen LogP) is 3.03. The third-order valence-electron chi connectivity index (χ3n) is 1.70. The molecule has 7 heteroatoms. The third-order valence-corrected chi connectivity index (χ3v) is 3.94. The lowest BCUT2D eigenvalue weighted by Crippen LogP contribution is -1.95. The van der Waals surface area contributed by atoms with Crippen LogP contribution in [0.2, 0.25) is 5.02 Å². The Hall–Kier alpha value is -0.280. The molecule has 0 aliphatic heterocycles. The van der Waals surface area contributed by atoms with Crippen molar-refractivity contribution in [2.24, 2.45) is 0 Å². The van der Waals surface area contributed by atoms with E-state index in [1.807, 2.05) is 6.07 Å². The van der Waals surface area contributed by atoms with Crippen molar-refractivity contribution in [3.8, 4) is 6.07 Å². The minimum Gasteiger partial charge on any atom is -0.207 e. The largest absolute Gasteiger partial charge is 0.261 e. The Kier molecular flexibility index (Phi) is 4.01. The molecule has 0 fully saturated rings. The second-order valence-corrected chi connectivity index (χ2v) is 6.15. The van der Waals surface area contributed by atoms with E-state index < -0.39 is 9.05 Å². The summed E-state index contributed by atoms with van der Waals surface area (Å²) in [5.41, 5.74) is 0.738. The summed E-state index contributed by atoms with van der Waals surface area (Å²) in [6.07, 6.45) is 0. The van der Waals surface area contributed by atoms with Gasteiger partial charge < -0.3 is 0 Å². The zero-order chi connectivity index (χ0) is 11.6. The average molecular weight is 329 g/mol. The fraction of sp³-hybridized carbons (Fsp3) is 0.125. The van der Waals surface area contributed by atoms with Crippen LogP contribution < -0.4 is 0 Å². The summed E-state index contributed by atoms with van der Waals surface area (Å²) in [5, 5.41) is 9.37. The molecule has 0 amide bonds. The minimum absolute atomic E-state index is 0.171. The van der Waals surface area contributed by atoms with Crippen molar-refractivity contribution in [3.63, 3.8) is 0 Å². The maximum absolute atomic E-state index is 11.0. The van der Waals surface area contributed by atoms with E-state index in [4.69, 9.17) is 27.5 Å². The van der Waals surface area contributed by atoms with Crippen LogP contribution in [0.5, 0.6) is 0 Å². The Balaban J connectivity index is 3.55. The van der Waals surface area contributed by atoms with E-state index in [2.05, 4.69) is 15.9 Å². The first-order chi connectivity index (χ1) is 6.90. The molecular weight excluding hydrogens is 325 g/mol. The first-order valence-electron chi connectivity index (χ1n) is 3.63. The van der Waals surface area contributed by atoms with Crippen LogP contribution in [0.3, 0.4) is 0 Å². The topological polar surface area (TPSA) is 57.9 Å². The fourth-order valence-corrected chi connectivity index (χ4v) is 2.89. The predicted molar refractivity (Wildman–Crippen MR) is 61.8 cm³/mol. The number of rotatable bonds is 2. The summed E-state index contributed by atoms with van der Waals surface area (Å²) < 4.78 is 22.1. The number of benzene rings is 1. The monoisotopic (exact) mass is 327 g/mol. The normalized spacial score (nSPS) is 11.1. The van der Waals surface area contributed by atoms with Gasteiger partial charge in [-0.25, -0.2) is 8.42 Å². The highest BCUT2D eigenvalue weighted by Crippen LogP contribution is 2.28. The van der Waals surface area contributed by atoms with Crippen molar-refractivity contribution < 1.29 is 8.42 Å². The van der Waals surface area contributed by atoms with Gasteiger partial charge in [0.05, 0.1) is 16.5 Å². The zero-order valence-electron chi connectivity index (χ0n) is 7.17. The second kappa shape index (κ2) is 4.71. The van der Waals surface area contributed by atoms with Gasteiger partial charge in [-0.2, -0.15) is 5.26 Å². The Labute approximate surface area is 105 Å². The molecule has 80 valence electrons. The summed E-state index contributed by atoms with van der Waals surface area (Å²) in [7, 11) is 1.29. The van der Waals surface area contributed by atoms with E-state index in [1.54, 1.807) is 0 Å². The quantitative estimate of drug-likeness (QED) is 0.619. The molecule has 0 aliphatic carbocycles. The number of nitriles is 1. The van der Waals surface area contributed by atoms with Crippen molar-refractivity contribution in [1.29, 1.82) is 5.26 Å². The summed E-state index contributed by atoms with van der Waals surface area (Å²) in [6.45, 7) is 0. The van der Waals surface area contributed by atoms with E-state index in [-0.39, 0.29) is 15.5 Å². The van der Waals surface area contributed by atoms with E-state index in [1.165, 1.54) is 12.1 Å². The first kappa shape index (κ1) is 12.8. The SMILES string of the molecule is N#Cc1cc(S(=O)(=O)Cl)cc(Cl)c1CBr. The second-order valence-electron chi connectivity index (χ2n) is 2.61. The standard InChI is InChI=1S/C8H4BrCl2NO2S/c9-3-7-5(4-12)1-6(2-8(7)10)15(11,13)14/h1-2H,3H2. The molecule has 0 heterocycles. The summed E-state index contributed by atoms with van der Waals surface area (Å²) in [6, 6.07) is 4.29. The Morgan fingerprint density at radius 1 is 1.47 bits per heavy atom. The van der Waals surface area contributed by atoms with Crippen LogP contribution in [0, 0.1) is 11.3 Å². The van der Waals surface area contributed by atoms with Gasteiger partial charge in [0.15, 0.2) is 0 Å². The molecule has 0 unspecified atom stereocenters. The van der Waals surface area contributed by atoms with Gasteiger partial charge in [-0.1, -0.05) is 27.5 Å². The smallest absolute Gasteiger partial charge is 0.207 e. The van der Waals surface area contributed by atoms with Gasteiger partial charge in [-0.3, -0.25) is 0 Å². The third kappa shape index (κ3) is 2.85. The lowest BCUT2D eigenvalue weighted by atomic mass is 10.1. The zero-order valence-corrected chi connectivity index (χ0v) is 11.1. The van der Waals surface area contributed by atoms with Gasteiger partial charge in [-0.05, 0) is 17.7 Å². The highest BCUT2D eigenvalue weighted by atomic mass is 79.9. The molecule has 1 aromatic rings. The van der Waals surface area contributed by atoms with Crippen LogP contribution in [0.1, 0.15) is 11.1 Å². The lowest BCUT2D eigenvalue weighted by molar-refractivity contribution is 0.609. The van der Waals surface area contributed by atoms with E-state index >= 15 is 0 Å². The molecular formula is C8H4BrCl2NO2S. The van der Waals surface area contributed by atoms with Gasteiger partial charge in [0.2, 0.25) is 0 Å². The molecule has 1 rings (SSSR count). The van der Waals surface area contributed by atoms with E-state index in [9.17, 15) is 8.42 Å². The van der Waals surface area contributed by atoms with Crippen LogP contribution in [0.4, 0.5) is 0 Å². The number of alkyl halides is 1. The molecule has 1 aromatic carbocycles. The van der Waals surface area contributed by atoms with Crippen LogP contribution in [-0.2, 0) is 14.4 Å². The van der Waals surface area contributed by atoms with Crippen molar-refractivity contribution in [3.05, 3.63) is 28.3 Å². The molecule has 0 aliphatic rings. The van der Waals surface area contributed by atoms with Crippen molar-refractivity contribution in [1.82, 2.24) is 0 Å². The van der Waals surface area contributed by atoms with Gasteiger partial charge in [-0.15, -0.1) is 0 Å². The average Bonchev–Trinajstić information content (AvgIpc) is 2.15.